The monoisotopic (exact) mass is 372 g/mol. The molecule has 0 aliphatic carbocycles. The molecular formula is C21H25ClN2O2. The largest absolute Gasteiger partial charge is 0.325 e. The Labute approximate surface area is 159 Å². The Bertz CT molecular complexity index is 815. The number of aryl methyl sites for hydroxylation is 2. The number of anilines is 2. The highest BCUT2D eigenvalue weighted by molar-refractivity contribution is 6.34. The number of para-hydroxylation sites is 1. The van der Waals surface area contributed by atoms with Gasteiger partial charge in [0.2, 0.25) is 11.8 Å². The molecule has 0 atom stereocenters. The Morgan fingerprint density at radius 3 is 2.23 bits per heavy atom. The molecule has 0 heterocycles. The topological polar surface area (TPSA) is 58.2 Å². The Balaban J connectivity index is 2.07. The molecule has 5 heteroatoms. The first-order valence-electron chi connectivity index (χ1n) is 8.54. The third-order valence-electron chi connectivity index (χ3n) is 4.03. The number of hydrogen-bond acceptors (Lipinski definition) is 2. The number of benzene rings is 2. The second kappa shape index (κ2) is 7.92. The number of amides is 2. The van der Waals surface area contributed by atoms with Crippen molar-refractivity contribution in [3.05, 3.63) is 58.1 Å². The van der Waals surface area contributed by atoms with E-state index in [-0.39, 0.29) is 17.7 Å². The Morgan fingerprint density at radius 2 is 1.62 bits per heavy atom. The average Bonchev–Trinajstić information content (AvgIpc) is 2.50. The molecule has 2 rings (SSSR count). The fraction of sp³-hybridized carbons (Fsp3) is 0.333. The van der Waals surface area contributed by atoms with E-state index in [0.717, 1.165) is 22.4 Å². The predicted octanol–water partition coefficient (Wildman–Crippen LogP) is 5.22. The summed E-state index contributed by atoms with van der Waals surface area (Å²) in [4.78, 5) is 24.6. The molecule has 0 saturated heterocycles. The normalized spacial score (nSPS) is 11.2. The van der Waals surface area contributed by atoms with Crippen LogP contribution in [0.5, 0.6) is 0 Å². The van der Waals surface area contributed by atoms with E-state index in [2.05, 4.69) is 31.4 Å². The van der Waals surface area contributed by atoms with Crippen LogP contribution in [0.4, 0.5) is 11.4 Å². The summed E-state index contributed by atoms with van der Waals surface area (Å²) in [6.07, 6.45) is -0.276. The van der Waals surface area contributed by atoms with Crippen LogP contribution < -0.4 is 10.6 Å². The van der Waals surface area contributed by atoms with E-state index in [1.165, 1.54) is 0 Å². The minimum absolute atomic E-state index is 0.112. The zero-order chi connectivity index (χ0) is 19.5. The summed E-state index contributed by atoms with van der Waals surface area (Å²) < 4.78 is 0. The number of rotatable bonds is 4. The molecule has 2 N–H and O–H groups in total. The number of carbonyl (C=O) groups is 2. The summed E-state index contributed by atoms with van der Waals surface area (Å²) in [5.74, 6) is -0.760. The summed E-state index contributed by atoms with van der Waals surface area (Å²) in [5.41, 5.74) is 4.06. The van der Waals surface area contributed by atoms with Crippen LogP contribution in [0.1, 0.15) is 43.9 Å². The molecule has 0 aromatic heterocycles. The highest BCUT2D eigenvalue weighted by Gasteiger charge is 2.19. The maximum atomic E-state index is 12.3. The maximum Gasteiger partial charge on any atom is 0.233 e. The second-order valence-corrected chi connectivity index (χ2v) is 7.91. The standard InChI is InChI=1S/C21H25ClN2O2/c1-13-10-14(2)20(16(22)11-13)24-19(26)12-18(25)23-17-9-7-6-8-15(17)21(3,4)5/h6-11H,12H2,1-5H3,(H,23,25)(H,24,26). The van der Waals surface area contributed by atoms with Crippen LogP contribution in [0, 0.1) is 13.8 Å². The molecule has 138 valence electrons. The smallest absolute Gasteiger partial charge is 0.233 e. The fourth-order valence-corrected chi connectivity index (χ4v) is 3.21. The summed E-state index contributed by atoms with van der Waals surface area (Å²) >= 11 is 6.20. The van der Waals surface area contributed by atoms with Crippen molar-refractivity contribution in [3.63, 3.8) is 0 Å². The van der Waals surface area contributed by atoms with Crippen LogP contribution in [0.3, 0.4) is 0 Å². The quantitative estimate of drug-likeness (QED) is 0.722. The lowest BCUT2D eigenvalue weighted by Crippen LogP contribution is -2.23. The van der Waals surface area contributed by atoms with Crippen LogP contribution in [0.25, 0.3) is 0 Å². The summed E-state index contributed by atoms with van der Waals surface area (Å²) in [6.45, 7) is 10.0. The summed E-state index contributed by atoms with van der Waals surface area (Å²) in [7, 11) is 0. The first-order valence-corrected chi connectivity index (χ1v) is 8.91. The molecule has 2 amide bonds. The van der Waals surface area contributed by atoms with Gasteiger partial charge in [-0.05, 0) is 48.1 Å². The molecule has 0 radical (unpaired) electrons. The van der Waals surface area contributed by atoms with Gasteiger partial charge in [0.1, 0.15) is 6.42 Å². The first-order chi connectivity index (χ1) is 12.1. The van der Waals surface area contributed by atoms with E-state index in [1.807, 2.05) is 44.2 Å². The van der Waals surface area contributed by atoms with Crippen molar-refractivity contribution in [1.82, 2.24) is 0 Å². The summed E-state index contributed by atoms with van der Waals surface area (Å²) in [5, 5.41) is 6.04. The Kier molecular flexibility index (Phi) is 6.09. The van der Waals surface area contributed by atoms with Crippen molar-refractivity contribution >= 4 is 34.8 Å². The molecule has 0 bridgehead atoms. The molecule has 0 fully saturated rings. The van der Waals surface area contributed by atoms with Gasteiger partial charge < -0.3 is 10.6 Å². The van der Waals surface area contributed by atoms with Crippen molar-refractivity contribution in [1.29, 1.82) is 0 Å². The van der Waals surface area contributed by atoms with Crippen LogP contribution in [-0.2, 0) is 15.0 Å². The van der Waals surface area contributed by atoms with E-state index in [0.29, 0.717) is 10.7 Å². The fourth-order valence-electron chi connectivity index (χ4n) is 2.84. The molecule has 0 saturated carbocycles. The van der Waals surface area contributed by atoms with Gasteiger partial charge in [-0.3, -0.25) is 9.59 Å². The minimum Gasteiger partial charge on any atom is -0.325 e. The van der Waals surface area contributed by atoms with Crippen molar-refractivity contribution in [3.8, 4) is 0 Å². The molecule has 0 spiro atoms. The van der Waals surface area contributed by atoms with Crippen molar-refractivity contribution in [2.45, 2.75) is 46.5 Å². The SMILES string of the molecule is Cc1cc(C)c(NC(=O)CC(=O)Nc2ccccc2C(C)(C)C)c(Cl)c1. The lowest BCUT2D eigenvalue weighted by Gasteiger charge is -2.23. The Morgan fingerprint density at radius 1 is 1.00 bits per heavy atom. The molecule has 0 unspecified atom stereocenters. The predicted molar refractivity (Wildman–Crippen MR) is 108 cm³/mol. The van der Waals surface area contributed by atoms with Gasteiger partial charge in [-0.2, -0.15) is 0 Å². The van der Waals surface area contributed by atoms with Gasteiger partial charge in [0.05, 0.1) is 10.7 Å². The number of carbonyl (C=O) groups excluding carboxylic acids is 2. The van der Waals surface area contributed by atoms with Crippen molar-refractivity contribution in [2.24, 2.45) is 0 Å². The molecule has 4 nitrogen and oxygen atoms in total. The molecule has 2 aromatic rings. The third kappa shape index (κ3) is 5.09. The zero-order valence-electron chi connectivity index (χ0n) is 15.9. The molecule has 0 aliphatic heterocycles. The Hall–Kier alpha value is -2.33. The van der Waals surface area contributed by atoms with E-state index in [9.17, 15) is 9.59 Å². The lowest BCUT2D eigenvalue weighted by atomic mass is 9.86. The van der Waals surface area contributed by atoms with Crippen LogP contribution in [-0.4, -0.2) is 11.8 Å². The average molecular weight is 373 g/mol. The van der Waals surface area contributed by atoms with Gasteiger partial charge in [-0.25, -0.2) is 0 Å². The van der Waals surface area contributed by atoms with Gasteiger partial charge in [-0.1, -0.05) is 56.6 Å². The third-order valence-corrected chi connectivity index (χ3v) is 4.32. The molecule has 26 heavy (non-hydrogen) atoms. The highest BCUT2D eigenvalue weighted by Crippen LogP contribution is 2.30. The lowest BCUT2D eigenvalue weighted by molar-refractivity contribution is -0.123. The van der Waals surface area contributed by atoms with Crippen LogP contribution in [0.15, 0.2) is 36.4 Å². The van der Waals surface area contributed by atoms with Gasteiger partial charge >= 0.3 is 0 Å². The second-order valence-electron chi connectivity index (χ2n) is 7.51. The maximum absolute atomic E-state index is 12.3. The van der Waals surface area contributed by atoms with Crippen LogP contribution in [0.2, 0.25) is 5.02 Å². The number of hydrogen-bond donors (Lipinski definition) is 2. The minimum atomic E-state index is -0.399. The van der Waals surface area contributed by atoms with E-state index in [4.69, 9.17) is 11.6 Å². The highest BCUT2D eigenvalue weighted by atomic mass is 35.5. The van der Waals surface area contributed by atoms with Gasteiger partial charge in [0.15, 0.2) is 0 Å². The van der Waals surface area contributed by atoms with Gasteiger partial charge in [0.25, 0.3) is 0 Å². The van der Waals surface area contributed by atoms with Gasteiger partial charge in [0, 0.05) is 5.69 Å². The summed E-state index contributed by atoms with van der Waals surface area (Å²) in [6, 6.07) is 11.3. The molecule has 2 aromatic carbocycles. The van der Waals surface area contributed by atoms with E-state index in [1.54, 1.807) is 6.07 Å². The van der Waals surface area contributed by atoms with Gasteiger partial charge in [-0.15, -0.1) is 0 Å². The first kappa shape index (κ1) is 20.0. The molecule has 0 aliphatic rings. The van der Waals surface area contributed by atoms with Crippen molar-refractivity contribution < 1.29 is 9.59 Å². The van der Waals surface area contributed by atoms with E-state index >= 15 is 0 Å². The zero-order valence-corrected chi connectivity index (χ0v) is 16.6. The van der Waals surface area contributed by atoms with E-state index < -0.39 is 5.91 Å². The van der Waals surface area contributed by atoms with Crippen LogP contribution >= 0.6 is 11.6 Å². The van der Waals surface area contributed by atoms with Crippen molar-refractivity contribution in [2.75, 3.05) is 10.6 Å². The number of nitrogens with one attached hydrogen (secondary N) is 2. The number of halogens is 1. The molecular weight excluding hydrogens is 348 g/mol.